The number of guanidine groups is 1. The quantitative estimate of drug-likeness (QED) is 0.195. The van der Waals surface area contributed by atoms with Gasteiger partial charge in [0.2, 0.25) is 18.3 Å². The third kappa shape index (κ3) is 16.7. The maximum Gasteiger partial charge on any atom is 0.248 e. The Kier molecular flexibility index (Phi) is 23.3. The highest BCUT2D eigenvalue weighted by atomic mass is 16.2. The summed E-state index contributed by atoms with van der Waals surface area (Å²) in [5, 5.41) is 11.0. The van der Waals surface area contributed by atoms with Gasteiger partial charge in [-0.2, -0.15) is 5.10 Å². The van der Waals surface area contributed by atoms with Crippen molar-refractivity contribution in [2.24, 2.45) is 15.1 Å². The van der Waals surface area contributed by atoms with Gasteiger partial charge in [-0.1, -0.05) is 46.6 Å². The Balaban J connectivity index is -0.00000143. The summed E-state index contributed by atoms with van der Waals surface area (Å²) in [6, 6.07) is 0. The molecular formula is C23H44N6O2. The number of amides is 2. The lowest BCUT2D eigenvalue weighted by molar-refractivity contribution is -0.127. The summed E-state index contributed by atoms with van der Waals surface area (Å²) in [5.74, 6) is -0.246. The van der Waals surface area contributed by atoms with E-state index >= 15 is 0 Å². The normalized spacial score (nSPS) is 11.5. The van der Waals surface area contributed by atoms with Crippen LogP contribution >= 0.6 is 0 Å². The third-order valence-corrected chi connectivity index (χ3v) is 3.33. The van der Waals surface area contributed by atoms with E-state index in [-0.39, 0.29) is 12.5 Å². The average Bonchev–Trinajstić information content (AvgIpc) is 2.76. The zero-order chi connectivity index (χ0) is 24.8. The Bertz CT molecular complexity index is 657. The first-order chi connectivity index (χ1) is 14.7. The summed E-state index contributed by atoms with van der Waals surface area (Å²) in [5.41, 5.74) is 3.68. The Labute approximate surface area is 189 Å². The number of allylic oxidation sites excluding steroid dienone is 4. The number of hydrazone groups is 1. The molecule has 0 aromatic heterocycles. The molecule has 0 bridgehead atoms. The average molecular weight is 437 g/mol. The van der Waals surface area contributed by atoms with E-state index < -0.39 is 5.91 Å². The second-order valence-corrected chi connectivity index (χ2v) is 6.28. The summed E-state index contributed by atoms with van der Waals surface area (Å²) in [6.07, 6.45) is 5.88. The molecule has 0 heterocycles. The number of hydrogen-bond acceptors (Lipinski definition) is 5. The van der Waals surface area contributed by atoms with Gasteiger partial charge >= 0.3 is 0 Å². The molecule has 0 rings (SSSR count). The van der Waals surface area contributed by atoms with E-state index in [2.05, 4.69) is 39.6 Å². The largest absolute Gasteiger partial charge is 0.392 e. The van der Waals surface area contributed by atoms with Gasteiger partial charge < -0.3 is 5.32 Å². The molecule has 0 aromatic rings. The van der Waals surface area contributed by atoms with Crippen LogP contribution in [0.1, 0.15) is 75.2 Å². The van der Waals surface area contributed by atoms with Crippen LogP contribution in [-0.2, 0) is 9.59 Å². The van der Waals surface area contributed by atoms with Crippen LogP contribution in [0.3, 0.4) is 0 Å². The highest BCUT2D eigenvalue weighted by Crippen LogP contribution is 2.13. The van der Waals surface area contributed by atoms with Crippen molar-refractivity contribution in [1.29, 1.82) is 0 Å². The Morgan fingerprint density at radius 1 is 1.10 bits per heavy atom. The molecule has 0 aliphatic carbocycles. The SMILES string of the molecule is C/C=N\C(=NC)NC(=O)CN(C=O)/N=C(/CC)C(/C=C(\C)NC)=C(C)C.CC.CCC. The van der Waals surface area contributed by atoms with Gasteiger partial charge in [-0.05, 0) is 45.8 Å². The summed E-state index contributed by atoms with van der Waals surface area (Å²) >= 11 is 0. The number of hydrogen-bond donors (Lipinski definition) is 2. The van der Waals surface area contributed by atoms with E-state index in [1.807, 2.05) is 54.7 Å². The fraction of sp³-hybridized carbons (Fsp3) is 0.609. The van der Waals surface area contributed by atoms with Gasteiger partial charge in [0.25, 0.3) is 0 Å². The lowest BCUT2D eigenvalue weighted by Crippen LogP contribution is -2.37. The van der Waals surface area contributed by atoms with Crippen LogP contribution in [0.2, 0.25) is 0 Å². The van der Waals surface area contributed by atoms with E-state index in [0.29, 0.717) is 12.8 Å². The first kappa shape index (κ1) is 32.9. The molecule has 178 valence electrons. The second kappa shape index (κ2) is 21.9. The van der Waals surface area contributed by atoms with E-state index in [0.717, 1.165) is 27.6 Å². The minimum atomic E-state index is -0.428. The van der Waals surface area contributed by atoms with Crippen molar-refractivity contribution >= 4 is 30.2 Å². The van der Waals surface area contributed by atoms with E-state index in [1.54, 1.807) is 6.92 Å². The maximum absolute atomic E-state index is 12.1. The fourth-order valence-electron chi connectivity index (χ4n) is 1.95. The Hall–Kier alpha value is -2.77. The topological polar surface area (TPSA) is 98.5 Å². The van der Waals surface area contributed by atoms with Crippen LogP contribution in [0, 0.1) is 0 Å². The van der Waals surface area contributed by atoms with Gasteiger partial charge in [-0.15, -0.1) is 0 Å². The molecule has 0 unspecified atom stereocenters. The van der Waals surface area contributed by atoms with Crippen LogP contribution in [0.4, 0.5) is 0 Å². The molecule has 31 heavy (non-hydrogen) atoms. The number of carbonyl (C=O) groups excluding carboxylic acids is 2. The molecular weight excluding hydrogens is 392 g/mol. The van der Waals surface area contributed by atoms with Crippen molar-refractivity contribution in [2.75, 3.05) is 20.6 Å². The van der Waals surface area contributed by atoms with Crippen molar-refractivity contribution in [3.8, 4) is 0 Å². The molecule has 8 heteroatoms. The van der Waals surface area contributed by atoms with Crippen LogP contribution in [0.5, 0.6) is 0 Å². The van der Waals surface area contributed by atoms with Crippen LogP contribution in [0.25, 0.3) is 0 Å². The number of rotatable bonds is 8. The highest BCUT2D eigenvalue weighted by molar-refractivity contribution is 6.04. The van der Waals surface area contributed by atoms with Gasteiger partial charge in [-0.3, -0.25) is 19.9 Å². The van der Waals surface area contributed by atoms with Gasteiger partial charge in [0.05, 0.1) is 5.71 Å². The molecule has 0 saturated carbocycles. The number of nitrogens with one attached hydrogen (secondary N) is 2. The highest BCUT2D eigenvalue weighted by Gasteiger charge is 2.13. The zero-order valence-electron chi connectivity index (χ0n) is 21.5. The smallest absolute Gasteiger partial charge is 0.248 e. The number of nitrogens with zero attached hydrogens (tertiary/aromatic N) is 4. The molecule has 0 aliphatic heterocycles. The van der Waals surface area contributed by atoms with Crippen LogP contribution in [0.15, 0.2) is 38.0 Å². The van der Waals surface area contributed by atoms with Crippen molar-refractivity contribution in [3.05, 3.63) is 22.9 Å². The minimum absolute atomic E-state index is 0.181. The van der Waals surface area contributed by atoms with E-state index in [9.17, 15) is 9.59 Å². The van der Waals surface area contributed by atoms with Gasteiger partial charge in [0.1, 0.15) is 6.54 Å². The summed E-state index contributed by atoms with van der Waals surface area (Å²) < 4.78 is 0. The molecule has 0 saturated heterocycles. The van der Waals surface area contributed by atoms with E-state index in [4.69, 9.17) is 0 Å². The Morgan fingerprint density at radius 2 is 1.65 bits per heavy atom. The van der Waals surface area contributed by atoms with Gasteiger partial charge in [0.15, 0.2) is 0 Å². The number of aliphatic imine (C=N–C) groups is 2. The standard InChI is InChI=1S/C18H30N6O2.C3H8.C2H6/c1-8-16(15(13(3)4)10-14(5)19-6)23-24(12-25)11-17(26)22-18(20-7)21-9-2;1-3-2;1-2/h9-10,12,19H,8,11H2,1-7H3,(H,20,22,26);3H2,1-2H3;1-2H3/b14-10+,21-9-,23-16-;;. The zero-order valence-corrected chi connectivity index (χ0v) is 21.5. The van der Waals surface area contributed by atoms with Crippen molar-refractivity contribution in [2.45, 2.75) is 75.2 Å². The molecule has 0 fully saturated rings. The van der Waals surface area contributed by atoms with Crippen molar-refractivity contribution in [3.63, 3.8) is 0 Å². The lowest BCUT2D eigenvalue weighted by atomic mass is 10.0. The first-order valence-electron chi connectivity index (χ1n) is 10.8. The molecule has 2 amide bonds. The Morgan fingerprint density at radius 3 is 2.00 bits per heavy atom. The van der Waals surface area contributed by atoms with Crippen molar-refractivity contribution in [1.82, 2.24) is 15.6 Å². The molecule has 8 nitrogen and oxygen atoms in total. The van der Waals surface area contributed by atoms with Gasteiger partial charge in [0, 0.05) is 26.0 Å². The lowest BCUT2D eigenvalue weighted by Gasteiger charge is -2.15. The van der Waals surface area contributed by atoms with Gasteiger partial charge in [-0.25, -0.2) is 10.0 Å². The molecule has 0 spiro atoms. The predicted molar refractivity (Wildman–Crippen MR) is 135 cm³/mol. The molecule has 0 aliphatic rings. The molecule has 0 radical (unpaired) electrons. The van der Waals surface area contributed by atoms with Crippen LogP contribution < -0.4 is 10.6 Å². The molecule has 2 N–H and O–H groups in total. The fourth-order valence-corrected chi connectivity index (χ4v) is 1.95. The predicted octanol–water partition coefficient (Wildman–Crippen LogP) is 4.31. The third-order valence-electron chi connectivity index (χ3n) is 3.33. The summed E-state index contributed by atoms with van der Waals surface area (Å²) in [7, 11) is 3.36. The molecule has 0 aromatic carbocycles. The second-order valence-electron chi connectivity index (χ2n) is 6.28. The summed E-state index contributed by atoms with van der Waals surface area (Å²) in [6.45, 7) is 17.6. The monoisotopic (exact) mass is 436 g/mol. The van der Waals surface area contributed by atoms with Crippen molar-refractivity contribution < 1.29 is 9.59 Å². The first-order valence-corrected chi connectivity index (χ1v) is 10.8. The van der Waals surface area contributed by atoms with E-state index in [1.165, 1.54) is 19.7 Å². The molecule has 0 atom stereocenters. The number of carbonyl (C=O) groups is 2. The maximum atomic E-state index is 12.1. The minimum Gasteiger partial charge on any atom is -0.392 e. The summed E-state index contributed by atoms with van der Waals surface area (Å²) in [4.78, 5) is 31.2. The van der Waals surface area contributed by atoms with Crippen LogP contribution in [-0.4, -0.2) is 55.9 Å².